The van der Waals surface area contributed by atoms with Gasteiger partial charge in [0.15, 0.2) is 0 Å². The molecule has 0 aliphatic carbocycles. The van der Waals surface area contributed by atoms with Gasteiger partial charge in [0.2, 0.25) is 23.1 Å². The highest BCUT2D eigenvalue weighted by Crippen LogP contribution is 2.18. The molecular weight excluding hydrogens is 965 g/mol. The molecule has 12 rings (SSSR count). The molecule has 75 heavy (non-hydrogen) atoms. The first-order valence-electron chi connectivity index (χ1n) is 23.6. The number of nitrogens with zero attached hydrogens (tertiary/aromatic N) is 9. The number of H-pyrrole nitrogens is 3. The summed E-state index contributed by atoms with van der Waals surface area (Å²) in [6.07, 6.45) is 0.560. The number of fused-ring (bicyclic) bond motifs is 12. The van der Waals surface area contributed by atoms with E-state index in [9.17, 15) is 33.6 Å². The summed E-state index contributed by atoms with van der Waals surface area (Å²) in [5.74, 6) is 0.146. The highest BCUT2D eigenvalue weighted by molar-refractivity contribution is 5.82. The Kier molecular flexibility index (Phi) is 14.0. The van der Waals surface area contributed by atoms with E-state index in [0.29, 0.717) is 57.8 Å². The van der Waals surface area contributed by atoms with E-state index in [-0.39, 0.29) is 47.5 Å². The van der Waals surface area contributed by atoms with Gasteiger partial charge in [-0.1, -0.05) is 55.5 Å². The third-order valence-corrected chi connectivity index (χ3v) is 12.2. The van der Waals surface area contributed by atoms with Crippen molar-refractivity contribution in [2.24, 2.45) is 7.05 Å². The van der Waals surface area contributed by atoms with Gasteiger partial charge >= 0.3 is 17.9 Å². The lowest BCUT2D eigenvalue weighted by Gasteiger charge is -2.10. The Bertz CT molecular complexity index is 4440. The lowest BCUT2D eigenvalue weighted by molar-refractivity contribution is -0.142. The van der Waals surface area contributed by atoms with Crippen LogP contribution in [0.3, 0.4) is 0 Å². The number of para-hydroxylation sites is 8. The number of carbonyl (C=O) groups is 3. The van der Waals surface area contributed by atoms with Crippen LogP contribution in [-0.2, 0) is 56.6 Å². The van der Waals surface area contributed by atoms with Gasteiger partial charge in [0.05, 0.1) is 77.1 Å². The summed E-state index contributed by atoms with van der Waals surface area (Å²) in [6, 6.07) is 33.8. The summed E-state index contributed by atoms with van der Waals surface area (Å²) < 4.78 is 17.5. The fourth-order valence-corrected chi connectivity index (χ4v) is 8.71. The number of aliphatic carboxylic acids is 1. The molecule has 0 atom stereocenters. The average Bonchev–Trinajstić information content (AvgIpc) is 4.17. The molecule has 0 amide bonds. The van der Waals surface area contributed by atoms with Crippen LogP contribution >= 0.6 is 0 Å². The Morgan fingerprint density at radius 1 is 0.547 bits per heavy atom. The SMILES string of the molecule is CCOC(=O)Cc1cc(=O)n2c(nc3ccccc32)[nH]1.CCc1c(C)n(C)c2nc3ccccc3n2c1=O.COC(=O)Cc1cc(=O)n2c(nc3ccccc32)[nH]1.O=C(O)Cc1cc(=O)n2c(nc3ccccc32)[nH]1. The molecule has 0 unspecified atom stereocenters. The Morgan fingerprint density at radius 3 is 1.31 bits per heavy atom. The van der Waals surface area contributed by atoms with Gasteiger partial charge in [0.25, 0.3) is 22.2 Å². The van der Waals surface area contributed by atoms with E-state index in [2.05, 4.69) is 39.6 Å². The first kappa shape index (κ1) is 50.0. The molecule has 22 heteroatoms. The van der Waals surface area contributed by atoms with Crippen molar-refractivity contribution in [3.63, 3.8) is 0 Å². The highest BCUT2D eigenvalue weighted by atomic mass is 16.5. The minimum Gasteiger partial charge on any atom is -0.481 e. The van der Waals surface area contributed by atoms with Gasteiger partial charge < -0.3 is 34.1 Å². The molecule has 4 N–H and O–H groups in total. The van der Waals surface area contributed by atoms with E-state index in [4.69, 9.17) is 9.84 Å². The Morgan fingerprint density at radius 2 is 0.920 bits per heavy atom. The Balaban J connectivity index is 0.000000123. The average molecular weight is 1010 g/mol. The smallest absolute Gasteiger partial charge is 0.311 e. The third-order valence-electron chi connectivity index (χ3n) is 12.2. The molecule has 8 heterocycles. The van der Waals surface area contributed by atoms with Crippen molar-refractivity contribution in [2.45, 2.75) is 46.5 Å². The maximum Gasteiger partial charge on any atom is 0.311 e. The maximum atomic E-state index is 12.5. The molecule has 380 valence electrons. The van der Waals surface area contributed by atoms with Crippen LogP contribution in [0.25, 0.3) is 67.2 Å². The number of imidazole rings is 4. The predicted octanol–water partition coefficient (Wildman–Crippen LogP) is 5.03. The fourth-order valence-electron chi connectivity index (χ4n) is 8.71. The van der Waals surface area contributed by atoms with Crippen molar-refractivity contribution >= 4 is 85.2 Å². The van der Waals surface area contributed by atoms with Crippen LogP contribution in [-0.4, -0.2) is 93.8 Å². The second-order valence-electron chi connectivity index (χ2n) is 17.0. The number of hydrogen-bond acceptors (Lipinski definition) is 13. The Hall–Kier alpha value is -9.99. The minimum absolute atomic E-state index is 0.0193. The molecule has 0 fully saturated rings. The molecule has 0 aliphatic rings. The largest absolute Gasteiger partial charge is 0.481 e. The van der Waals surface area contributed by atoms with Crippen molar-refractivity contribution in [2.75, 3.05) is 13.7 Å². The maximum absolute atomic E-state index is 12.5. The summed E-state index contributed by atoms with van der Waals surface area (Å²) >= 11 is 0. The van der Waals surface area contributed by atoms with Crippen LogP contribution in [0.2, 0.25) is 0 Å². The minimum atomic E-state index is -0.994. The lowest BCUT2D eigenvalue weighted by atomic mass is 10.2. The van der Waals surface area contributed by atoms with E-state index >= 15 is 0 Å². The number of ether oxygens (including phenoxy) is 2. The van der Waals surface area contributed by atoms with E-state index < -0.39 is 11.9 Å². The van der Waals surface area contributed by atoms with E-state index in [1.807, 2.05) is 110 Å². The first-order chi connectivity index (χ1) is 36.2. The monoisotopic (exact) mass is 1010 g/mol. The summed E-state index contributed by atoms with van der Waals surface area (Å²) in [5, 5.41) is 8.72. The fraction of sp³-hybridized carbons (Fsp3) is 0.189. The van der Waals surface area contributed by atoms with Gasteiger partial charge in [0.1, 0.15) is 0 Å². The van der Waals surface area contributed by atoms with Crippen LogP contribution < -0.4 is 22.2 Å². The topological polar surface area (TPSA) is 280 Å². The lowest BCUT2D eigenvalue weighted by Crippen LogP contribution is -2.23. The predicted molar refractivity (Wildman–Crippen MR) is 279 cm³/mol. The number of aromatic amines is 3. The molecular formula is C53H48N12O10. The molecule has 22 nitrogen and oxygen atoms in total. The van der Waals surface area contributed by atoms with Gasteiger partial charge in [0, 0.05) is 53.6 Å². The van der Waals surface area contributed by atoms with Crippen LogP contribution in [0.1, 0.15) is 42.2 Å². The molecule has 0 aliphatic heterocycles. The van der Waals surface area contributed by atoms with Crippen LogP contribution in [0.4, 0.5) is 0 Å². The number of benzene rings is 4. The second-order valence-corrected chi connectivity index (χ2v) is 17.0. The van der Waals surface area contributed by atoms with Crippen molar-refractivity contribution in [1.29, 1.82) is 0 Å². The standard InChI is InChI=1S/C14H13N3O3.C14H15N3O.C13H11N3O3.C12H9N3O3/c1-2-20-13(19)8-9-7-12(18)17-11-6-4-3-5-10(11)16-14(17)15-9;1-4-10-9(2)16(3)14-15-11-7-5-6-8-12(11)17(14)13(10)18;1-19-12(18)7-8-6-11(17)16-10-5-3-2-4-9(10)15-13(16)14-8;16-10-5-7(6-11(17)18)13-12-14-8-3-1-2-4-9(8)15(10)12/h3-7H,2,8H2,1H3,(H,15,16);5-8H,4H2,1-3H3;2-6H,7H2,1H3,(H,14,15);1-5H,6H2,(H,13,14)(H,17,18). The molecule has 0 saturated heterocycles. The number of nitrogens with one attached hydrogen (secondary N) is 3. The zero-order chi connectivity index (χ0) is 53.1. The first-order valence-corrected chi connectivity index (χ1v) is 23.6. The zero-order valence-electron chi connectivity index (χ0n) is 41.2. The number of carbonyl (C=O) groups excluding carboxylic acids is 2. The van der Waals surface area contributed by atoms with Gasteiger partial charge in [-0.25, -0.2) is 37.5 Å². The van der Waals surface area contributed by atoms with Crippen molar-refractivity contribution in [3.8, 4) is 0 Å². The van der Waals surface area contributed by atoms with Gasteiger partial charge in [-0.3, -0.25) is 33.6 Å². The number of aryl methyl sites for hydroxylation is 1. The molecule has 0 spiro atoms. The molecule has 12 aromatic rings. The molecule has 8 aromatic heterocycles. The van der Waals surface area contributed by atoms with Crippen molar-refractivity contribution < 1.29 is 29.0 Å². The number of carboxylic acids is 1. The quantitative estimate of drug-likeness (QED) is 0.145. The Labute approximate surface area is 422 Å². The molecule has 0 radical (unpaired) electrons. The summed E-state index contributed by atoms with van der Waals surface area (Å²) in [7, 11) is 3.26. The summed E-state index contributed by atoms with van der Waals surface area (Å²) in [4.78, 5) is 108. The van der Waals surface area contributed by atoms with Crippen molar-refractivity contribution in [3.05, 3.63) is 185 Å². The highest BCUT2D eigenvalue weighted by Gasteiger charge is 2.16. The number of aromatic nitrogens is 12. The number of hydrogen-bond donors (Lipinski definition) is 4. The van der Waals surface area contributed by atoms with Crippen molar-refractivity contribution in [1.82, 2.24) is 57.1 Å². The van der Waals surface area contributed by atoms with E-state index in [0.717, 1.165) is 50.8 Å². The number of rotatable bonds is 8. The number of methoxy groups -OCH3 is 1. The van der Waals surface area contributed by atoms with Crippen LogP contribution in [0.5, 0.6) is 0 Å². The van der Waals surface area contributed by atoms with Crippen LogP contribution in [0.15, 0.2) is 134 Å². The van der Waals surface area contributed by atoms with E-state index in [1.54, 1.807) is 23.5 Å². The molecule has 0 bridgehead atoms. The van der Waals surface area contributed by atoms with E-state index in [1.165, 1.54) is 38.5 Å². The second kappa shape index (κ2) is 21.0. The normalized spacial score (nSPS) is 11.2. The van der Waals surface area contributed by atoms with Gasteiger partial charge in [-0.05, 0) is 68.8 Å². The molecule has 4 aromatic carbocycles. The van der Waals surface area contributed by atoms with Gasteiger partial charge in [-0.15, -0.1) is 0 Å². The van der Waals surface area contributed by atoms with Gasteiger partial charge in [-0.2, -0.15) is 0 Å². The number of carboxylic acid groups (broad SMARTS) is 1. The summed E-state index contributed by atoms with van der Waals surface area (Å²) in [5.41, 5.74) is 8.58. The summed E-state index contributed by atoms with van der Waals surface area (Å²) in [6.45, 7) is 6.04. The van der Waals surface area contributed by atoms with Crippen LogP contribution in [0, 0.1) is 6.92 Å². The zero-order valence-corrected chi connectivity index (χ0v) is 41.2. The third kappa shape index (κ3) is 9.98. The number of esters is 2. The molecule has 0 saturated carbocycles.